The standard InChI is InChI=1S/C8H8N2OS/c11-8-4-3-6(9-10-8)7-2-1-5-12-7/h1-3,5,9H,4H2,(H,10,11). The molecule has 0 saturated heterocycles. The molecule has 0 unspecified atom stereocenters. The molecule has 0 bridgehead atoms. The Labute approximate surface area is 74.1 Å². The van der Waals surface area contributed by atoms with Gasteiger partial charge in [-0.3, -0.25) is 15.6 Å². The highest BCUT2D eigenvalue weighted by Crippen LogP contribution is 2.18. The Kier molecular flexibility index (Phi) is 1.83. The highest BCUT2D eigenvalue weighted by atomic mass is 32.1. The second kappa shape index (κ2) is 2.98. The molecule has 1 aliphatic heterocycles. The summed E-state index contributed by atoms with van der Waals surface area (Å²) in [5.41, 5.74) is 6.40. The third-order valence-electron chi connectivity index (χ3n) is 1.61. The fraction of sp³-hybridized carbons (Fsp3) is 0.125. The lowest BCUT2D eigenvalue weighted by atomic mass is 10.2. The van der Waals surface area contributed by atoms with Crippen LogP contribution in [0.4, 0.5) is 0 Å². The minimum Gasteiger partial charge on any atom is -0.297 e. The average molecular weight is 180 g/mol. The molecule has 2 rings (SSSR count). The number of carbonyl (C=O) groups is 1. The molecule has 1 aliphatic rings. The van der Waals surface area contributed by atoms with E-state index >= 15 is 0 Å². The summed E-state index contributed by atoms with van der Waals surface area (Å²) < 4.78 is 0. The molecule has 0 spiro atoms. The van der Waals surface area contributed by atoms with E-state index in [2.05, 4.69) is 10.9 Å². The maximum absolute atomic E-state index is 10.8. The number of hydrogen-bond acceptors (Lipinski definition) is 3. The van der Waals surface area contributed by atoms with Crippen LogP contribution in [0.3, 0.4) is 0 Å². The fourth-order valence-corrected chi connectivity index (χ4v) is 1.75. The lowest BCUT2D eigenvalue weighted by molar-refractivity contribution is -0.121. The molecule has 2 N–H and O–H groups in total. The van der Waals surface area contributed by atoms with Gasteiger partial charge in [0.05, 0.1) is 10.6 Å². The molecule has 0 fully saturated rings. The van der Waals surface area contributed by atoms with E-state index in [-0.39, 0.29) is 5.91 Å². The van der Waals surface area contributed by atoms with Crippen molar-refractivity contribution in [3.63, 3.8) is 0 Å². The normalized spacial score (nSPS) is 16.3. The molecule has 0 atom stereocenters. The Hall–Kier alpha value is -1.29. The predicted molar refractivity (Wildman–Crippen MR) is 48.2 cm³/mol. The first-order chi connectivity index (χ1) is 5.86. The van der Waals surface area contributed by atoms with Crippen molar-refractivity contribution < 1.29 is 4.79 Å². The van der Waals surface area contributed by atoms with E-state index in [1.807, 2.05) is 23.6 Å². The Bertz CT molecular complexity index is 316. The van der Waals surface area contributed by atoms with Gasteiger partial charge in [-0.05, 0) is 17.5 Å². The van der Waals surface area contributed by atoms with Gasteiger partial charge in [-0.15, -0.1) is 11.3 Å². The Morgan fingerprint density at radius 2 is 2.33 bits per heavy atom. The van der Waals surface area contributed by atoms with Gasteiger partial charge < -0.3 is 0 Å². The van der Waals surface area contributed by atoms with Crippen molar-refractivity contribution in [3.8, 4) is 0 Å². The summed E-state index contributed by atoms with van der Waals surface area (Å²) in [6.07, 6.45) is 2.35. The zero-order chi connectivity index (χ0) is 8.39. The fourth-order valence-electron chi connectivity index (χ4n) is 1.03. The van der Waals surface area contributed by atoms with Crippen molar-refractivity contribution in [2.24, 2.45) is 0 Å². The van der Waals surface area contributed by atoms with Gasteiger partial charge in [0.1, 0.15) is 0 Å². The SMILES string of the molecule is O=C1CC=C(c2cccs2)NN1. The maximum atomic E-state index is 10.8. The summed E-state index contributed by atoms with van der Waals surface area (Å²) in [5, 5.41) is 2.01. The first-order valence-corrected chi connectivity index (χ1v) is 4.53. The Morgan fingerprint density at radius 1 is 1.42 bits per heavy atom. The lowest BCUT2D eigenvalue weighted by Crippen LogP contribution is -2.38. The van der Waals surface area contributed by atoms with Gasteiger partial charge in [-0.25, -0.2) is 0 Å². The van der Waals surface area contributed by atoms with E-state index in [0.29, 0.717) is 6.42 Å². The summed E-state index contributed by atoms with van der Waals surface area (Å²) in [5.74, 6) is 0.00954. The minimum atomic E-state index is 0.00954. The quantitative estimate of drug-likeness (QED) is 0.679. The van der Waals surface area contributed by atoms with Gasteiger partial charge in [0.25, 0.3) is 0 Å². The summed E-state index contributed by atoms with van der Waals surface area (Å²) in [4.78, 5) is 11.9. The lowest BCUT2D eigenvalue weighted by Gasteiger charge is -2.14. The molecule has 1 aromatic rings. The summed E-state index contributed by atoms with van der Waals surface area (Å²) >= 11 is 1.65. The zero-order valence-electron chi connectivity index (χ0n) is 6.33. The van der Waals surface area contributed by atoms with Crippen molar-refractivity contribution >= 4 is 22.9 Å². The number of hydrogen-bond donors (Lipinski definition) is 2. The topological polar surface area (TPSA) is 41.1 Å². The van der Waals surface area contributed by atoms with E-state index in [1.165, 1.54) is 0 Å². The van der Waals surface area contributed by atoms with E-state index < -0.39 is 0 Å². The zero-order valence-corrected chi connectivity index (χ0v) is 7.15. The average Bonchev–Trinajstić information content (AvgIpc) is 2.58. The summed E-state index contributed by atoms with van der Waals surface area (Å²) in [7, 11) is 0. The van der Waals surface area contributed by atoms with Crippen LogP contribution >= 0.6 is 11.3 Å². The van der Waals surface area contributed by atoms with Crippen LogP contribution in [-0.2, 0) is 4.79 Å². The van der Waals surface area contributed by atoms with Crippen LogP contribution in [0, 0.1) is 0 Å². The number of thiophene rings is 1. The highest BCUT2D eigenvalue weighted by Gasteiger charge is 2.09. The van der Waals surface area contributed by atoms with Crippen LogP contribution < -0.4 is 10.9 Å². The number of amides is 1. The molecule has 0 aromatic carbocycles. The molecule has 0 aliphatic carbocycles. The van der Waals surface area contributed by atoms with Crippen LogP contribution in [0.15, 0.2) is 23.6 Å². The monoisotopic (exact) mass is 180 g/mol. The molecule has 62 valence electrons. The van der Waals surface area contributed by atoms with Gasteiger partial charge in [0.2, 0.25) is 5.91 Å². The predicted octanol–water partition coefficient (Wildman–Crippen LogP) is 1.11. The first-order valence-electron chi connectivity index (χ1n) is 3.65. The second-order valence-electron chi connectivity index (χ2n) is 2.47. The van der Waals surface area contributed by atoms with Crippen molar-refractivity contribution in [2.45, 2.75) is 6.42 Å². The third-order valence-corrected chi connectivity index (χ3v) is 2.52. The van der Waals surface area contributed by atoms with Gasteiger partial charge in [0.15, 0.2) is 0 Å². The summed E-state index contributed by atoms with van der Waals surface area (Å²) in [6, 6.07) is 4.00. The van der Waals surface area contributed by atoms with Crippen molar-refractivity contribution in [1.82, 2.24) is 10.9 Å². The number of carbonyl (C=O) groups excluding carboxylic acids is 1. The van der Waals surface area contributed by atoms with Crippen LogP contribution in [0.1, 0.15) is 11.3 Å². The molecular formula is C8H8N2OS. The van der Waals surface area contributed by atoms with Crippen LogP contribution in [-0.4, -0.2) is 5.91 Å². The van der Waals surface area contributed by atoms with Gasteiger partial charge in [0, 0.05) is 6.42 Å². The number of nitrogens with one attached hydrogen (secondary N) is 2. The minimum absolute atomic E-state index is 0.00954. The van der Waals surface area contributed by atoms with E-state index in [1.54, 1.807) is 11.3 Å². The molecule has 0 radical (unpaired) electrons. The molecule has 4 heteroatoms. The van der Waals surface area contributed by atoms with Crippen molar-refractivity contribution in [2.75, 3.05) is 0 Å². The molecule has 3 nitrogen and oxygen atoms in total. The first kappa shape index (κ1) is 7.36. The van der Waals surface area contributed by atoms with Crippen molar-refractivity contribution in [3.05, 3.63) is 28.5 Å². The molecule has 0 saturated carbocycles. The molecule has 12 heavy (non-hydrogen) atoms. The molecule has 1 aromatic heterocycles. The van der Waals surface area contributed by atoms with Crippen LogP contribution in [0.25, 0.3) is 5.70 Å². The highest BCUT2D eigenvalue weighted by molar-refractivity contribution is 7.11. The Morgan fingerprint density at radius 3 is 2.92 bits per heavy atom. The molecule has 2 heterocycles. The Balaban J connectivity index is 2.21. The molecular weight excluding hydrogens is 172 g/mol. The van der Waals surface area contributed by atoms with E-state index in [9.17, 15) is 4.79 Å². The van der Waals surface area contributed by atoms with Gasteiger partial charge >= 0.3 is 0 Å². The van der Waals surface area contributed by atoms with Crippen LogP contribution in [0.5, 0.6) is 0 Å². The smallest absolute Gasteiger partial charge is 0.242 e. The van der Waals surface area contributed by atoms with Gasteiger partial charge in [-0.2, -0.15) is 0 Å². The van der Waals surface area contributed by atoms with Crippen LogP contribution in [0.2, 0.25) is 0 Å². The third kappa shape index (κ3) is 1.33. The largest absolute Gasteiger partial charge is 0.297 e. The summed E-state index contributed by atoms with van der Waals surface area (Å²) in [6.45, 7) is 0. The van der Waals surface area contributed by atoms with E-state index in [4.69, 9.17) is 0 Å². The molecule has 1 amide bonds. The van der Waals surface area contributed by atoms with Crippen molar-refractivity contribution in [1.29, 1.82) is 0 Å². The maximum Gasteiger partial charge on any atom is 0.242 e. The number of hydrazine groups is 1. The number of rotatable bonds is 1. The van der Waals surface area contributed by atoms with Gasteiger partial charge in [-0.1, -0.05) is 6.07 Å². The second-order valence-corrected chi connectivity index (χ2v) is 3.42. The van der Waals surface area contributed by atoms with E-state index in [0.717, 1.165) is 10.6 Å².